The molecule has 0 spiro atoms. The van der Waals surface area contributed by atoms with Gasteiger partial charge in [0.15, 0.2) is 0 Å². The molecule has 0 bridgehead atoms. The molecule has 1 saturated heterocycles. The lowest BCUT2D eigenvalue weighted by Crippen LogP contribution is -2.42. The molecule has 1 fully saturated rings. The van der Waals surface area contributed by atoms with Crippen molar-refractivity contribution in [2.24, 2.45) is 0 Å². The summed E-state index contributed by atoms with van der Waals surface area (Å²) in [6.45, 7) is 0.599. The van der Waals surface area contributed by atoms with Gasteiger partial charge in [-0.2, -0.15) is 4.31 Å². The van der Waals surface area contributed by atoms with E-state index in [0.29, 0.717) is 18.8 Å². The predicted molar refractivity (Wildman–Crippen MR) is 81.4 cm³/mol. The topological polar surface area (TPSA) is 50.3 Å². The summed E-state index contributed by atoms with van der Waals surface area (Å²) in [6.07, 6.45) is 6.08. The molecule has 112 valence electrons. The van der Waals surface area contributed by atoms with Crippen molar-refractivity contribution in [3.05, 3.63) is 30.1 Å². The molecule has 0 amide bonds. The Morgan fingerprint density at radius 3 is 2.85 bits per heavy atom. The van der Waals surface area contributed by atoms with Crippen LogP contribution in [0.25, 0.3) is 0 Å². The second kappa shape index (κ2) is 7.38. The number of pyridine rings is 1. The lowest BCUT2D eigenvalue weighted by atomic mass is 10.1. The van der Waals surface area contributed by atoms with Gasteiger partial charge in [-0.05, 0) is 25.0 Å². The normalized spacial score (nSPS) is 21.6. The zero-order chi connectivity index (χ0) is 14.4. The van der Waals surface area contributed by atoms with Crippen LogP contribution in [0.1, 0.15) is 31.4 Å². The molecule has 1 unspecified atom stereocenters. The van der Waals surface area contributed by atoms with Gasteiger partial charge in [0.25, 0.3) is 0 Å². The summed E-state index contributed by atoms with van der Waals surface area (Å²) < 4.78 is 26.7. The summed E-state index contributed by atoms with van der Waals surface area (Å²) in [5, 5.41) is 0. The van der Waals surface area contributed by atoms with Crippen molar-refractivity contribution in [3.63, 3.8) is 0 Å². The van der Waals surface area contributed by atoms with Gasteiger partial charge in [-0.15, -0.1) is 11.6 Å². The number of hydrogen-bond acceptors (Lipinski definition) is 3. The first-order chi connectivity index (χ1) is 9.63. The molecule has 2 heterocycles. The highest BCUT2D eigenvalue weighted by Gasteiger charge is 2.30. The molecule has 1 atom stereocenters. The van der Waals surface area contributed by atoms with Crippen molar-refractivity contribution in [1.82, 2.24) is 9.29 Å². The Labute approximate surface area is 126 Å². The summed E-state index contributed by atoms with van der Waals surface area (Å²) in [5.41, 5.74) is 0.813. The van der Waals surface area contributed by atoms with Crippen LogP contribution in [0.4, 0.5) is 0 Å². The van der Waals surface area contributed by atoms with Crippen LogP contribution in [0.5, 0.6) is 0 Å². The third kappa shape index (κ3) is 4.17. The van der Waals surface area contributed by atoms with Gasteiger partial charge in [0.1, 0.15) is 0 Å². The summed E-state index contributed by atoms with van der Waals surface area (Å²) in [6, 6.07) is 5.52. The van der Waals surface area contributed by atoms with E-state index in [-0.39, 0.29) is 11.8 Å². The van der Waals surface area contributed by atoms with Crippen LogP contribution in [-0.4, -0.2) is 41.9 Å². The molecular formula is C14H21ClN2O2S. The highest BCUT2D eigenvalue weighted by atomic mass is 35.5. The van der Waals surface area contributed by atoms with Crippen LogP contribution in [0.2, 0.25) is 0 Å². The minimum Gasteiger partial charge on any atom is -0.261 e. The lowest BCUT2D eigenvalue weighted by Gasteiger charge is -2.27. The fraction of sp³-hybridized carbons (Fsp3) is 0.643. The Morgan fingerprint density at radius 1 is 1.30 bits per heavy atom. The van der Waals surface area contributed by atoms with Gasteiger partial charge in [-0.1, -0.05) is 18.9 Å². The number of aryl methyl sites for hydroxylation is 1. The van der Waals surface area contributed by atoms with E-state index in [1.807, 2.05) is 18.2 Å². The third-order valence-electron chi connectivity index (χ3n) is 3.70. The van der Waals surface area contributed by atoms with Crippen LogP contribution in [0, 0.1) is 0 Å². The highest BCUT2D eigenvalue weighted by Crippen LogP contribution is 2.21. The van der Waals surface area contributed by atoms with Gasteiger partial charge < -0.3 is 0 Å². The number of halogens is 1. The zero-order valence-electron chi connectivity index (χ0n) is 11.5. The number of sulfonamides is 1. The minimum absolute atomic E-state index is 0.0482. The molecule has 1 aromatic rings. The van der Waals surface area contributed by atoms with E-state index in [0.717, 1.165) is 31.4 Å². The van der Waals surface area contributed by atoms with Crippen LogP contribution in [0.3, 0.4) is 0 Å². The van der Waals surface area contributed by atoms with Gasteiger partial charge >= 0.3 is 0 Å². The predicted octanol–water partition coefficient (Wildman–Crippen LogP) is 2.44. The van der Waals surface area contributed by atoms with Gasteiger partial charge in [0, 0.05) is 36.8 Å². The van der Waals surface area contributed by atoms with Crippen molar-refractivity contribution in [2.75, 3.05) is 18.2 Å². The lowest BCUT2D eigenvalue weighted by molar-refractivity contribution is 0.345. The van der Waals surface area contributed by atoms with E-state index in [2.05, 4.69) is 4.98 Å². The smallest absolute Gasteiger partial charge is 0.214 e. The monoisotopic (exact) mass is 316 g/mol. The van der Waals surface area contributed by atoms with E-state index in [4.69, 9.17) is 11.6 Å². The molecule has 2 rings (SSSR count). The maximum Gasteiger partial charge on any atom is 0.214 e. The first-order valence-electron chi connectivity index (χ1n) is 7.09. The van der Waals surface area contributed by atoms with Crippen LogP contribution in [0.15, 0.2) is 24.4 Å². The maximum atomic E-state index is 12.5. The molecule has 0 aliphatic carbocycles. The molecule has 0 aromatic carbocycles. The molecule has 6 heteroatoms. The molecule has 0 saturated carbocycles. The number of hydrogen-bond donors (Lipinski definition) is 0. The SMILES string of the molecule is O=S(=O)(CCc1ccccn1)N1CCCCCC1CCl. The quantitative estimate of drug-likeness (QED) is 0.784. The minimum atomic E-state index is -3.26. The van der Waals surface area contributed by atoms with Crippen LogP contribution < -0.4 is 0 Å². The van der Waals surface area contributed by atoms with Crippen LogP contribution >= 0.6 is 11.6 Å². The Bertz CT molecular complexity index is 507. The molecule has 20 heavy (non-hydrogen) atoms. The molecule has 0 radical (unpaired) electrons. The Morgan fingerprint density at radius 2 is 2.15 bits per heavy atom. The summed E-state index contributed by atoms with van der Waals surface area (Å²) in [7, 11) is -3.26. The highest BCUT2D eigenvalue weighted by molar-refractivity contribution is 7.89. The van der Waals surface area contributed by atoms with Crippen molar-refractivity contribution in [2.45, 2.75) is 38.1 Å². The van der Waals surface area contributed by atoms with Gasteiger partial charge in [-0.3, -0.25) is 4.98 Å². The second-order valence-electron chi connectivity index (χ2n) is 5.16. The maximum absolute atomic E-state index is 12.5. The summed E-state index contributed by atoms with van der Waals surface area (Å²) in [4.78, 5) is 4.18. The van der Waals surface area contributed by atoms with Gasteiger partial charge in [-0.25, -0.2) is 8.42 Å². The van der Waals surface area contributed by atoms with Crippen LogP contribution in [-0.2, 0) is 16.4 Å². The number of rotatable bonds is 5. The average molecular weight is 317 g/mol. The zero-order valence-corrected chi connectivity index (χ0v) is 13.1. The van der Waals surface area contributed by atoms with Gasteiger partial charge in [0.05, 0.1) is 5.75 Å². The fourth-order valence-corrected chi connectivity index (χ4v) is 4.71. The van der Waals surface area contributed by atoms with Crippen molar-refractivity contribution in [1.29, 1.82) is 0 Å². The molecule has 4 nitrogen and oxygen atoms in total. The summed E-state index contributed by atoms with van der Waals surface area (Å²) in [5.74, 6) is 0.486. The second-order valence-corrected chi connectivity index (χ2v) is 7.50. The average Bonchev–Trinajstić information content (AvgIpc) is 2.72. The first kappa shape index (κ1) is 15.7. The number of nitrogens with zero attached hydrogens (tertiary/aromatic N) is 2. The van der Waals surface area contributed by atoms with Gasteiger partial charge in [0.2, 0.25) is 10.0 Å². The molecule has 1 aliphatic rings. The Hall–Kier alpha value is -0.650. The molecule has 1 aromatic heterocycles. The largest absolute Gasteiger partial charge is 0.261 e. The third-order valence-corrected chi connectivity index (χ3v) is 5.97. The van der Waals surface area contributed by atoms with Crippen molar-refractivity contribution < 1.29 is 8.42 Å². The molecule has 1 aliphatic heterocycles. The van der Waals surface area contributed by atoms with E-state index in [9.17, 15) is 8.42 Å². The first-order valence-corrected chi connectivity index (χ1v) is 9.23. The molecule has 0 N–H and O–H groups in total. The Kier molecular flexibility index (Phi) is 5.81. The summed E-state index contributed by atoms with van der Waals surface area (Å²) >= 11 is 5.95. The number of alkyl halides is 1. The van der Waals surface area contributed by atoms with E-state index in [1.54, 1.807) is 10.5 Å². The van der Waals surface area contributed by atoms with Crippen molar-refractivity contribution >= 4 is 21.6 Å². The Balaban J connectivity index is 2.04. The van der Waals surface area contributed by atoms with E-state index < -0.39 is 10.0 Å². The van der Waals surface area contributed by atoms with Crippen molar-refractivity contribution in [3.8, 4) is 0 Å². The van der Waals surface area contributed by atoms with E-state index >= 15 is 0 Å². The standard InChI is InChI=1S/C14H21ClN2O2S/c15-12-14-7-2-1-5-10-17(14)20(18,19)11-8-13-6-3-4-9-16-13/h3-4,6,9,14H,1-2,5,7-8,10-12H2. The van der Waals surface area contributed by atoms with E-state index in [1.165, 1.54) is 0 Å². The number of aromatic nitrogens is 1. The molecular weight excluding hydrogens is 296 g/mol. The fourth-order valence-electron chi connectivity index (χ4n) is 2.57.